The first kappa shape index (κ1) is 13.4. The lowest BCUT2D eigenvalue weighted by Gasteiger charge is -2.16. The van der Waals surface area contributed by atoms with E-state index in [-0.39, 0.29) is 0 Å². The molecule has 0 aromatic rings. The number of hydrogen-bond acceptors (Lipinski definition) is 5. The average Bonchev–Trinajstić information content (AvgIpc) is 2.81. The Morgan fingerprint density at radius 1 is 1.53 bits per heavy atom. The molecule has 0 aromatic carbocycles. The highest BCUT2D eigenvalue weighted by molar-refractivity contribution is 5.89. The van der Waals surface area contributed by atoms with Crippen LogP contribution >= 0.6 is 0 Å². The van der Waals surface area contributed by atoms with Gasteiger partial charge in [0.1, 0.15) is 12.1 Å². The molecule has 0 unspecified atom stereocenters. The third kappa shape index (κ3) is 4.03. The molecule has 0 bridgehead atoms. The van der Waals surface area contributed by atoms with E-state index in [1.165, 1.54) is 0 Å². The van der Waals surface area contributed by atoms with Gasteiger partial charge in [0.2, 0.25) is 5.91 Å². The molecular weight excluding hydrogens is 230 g/mol. The summed E-state index contributed by atoms with van der Waals surface area (Å²) < 4.78 is 9.46. The van der Waals surface area contributed by atoms with Gasteiger partial charge in [-0.3, -0.25) is 9.59 Å². The predicted molar refractivity (Wildman–Crippen MR) is 55.2 cm³/mol. The molecule has 1 amide bonds. The van der Waals surface area contributed by atoms with Gasteiger partial charge < -0.3 is 19.9 Å². The van der Waals surface area contributed by atoms with Crippen LogP contribution in [-0.4, -0.2) is 48.8 Å². The van der Waals surface area contributed by atoms with Crippen LogP contribution in [0.4, 0.5) is 0 Å². The monoisotopic (exact) mass is 245 g/mol. The number of methoxy groups -OCH3 is 1. The third-order valence-corrected chi connectivity index (χ3v) is 2.44. The average molecular weight is 245 g/mol. The van der Waals surface area contributed by atoms with Crippen molar-refractivity contribution in [3.05, 3.63) is 0 Å². The second-order valence-electron chi connectivity index (χ2n) is 3.68. The van der Waals surface area contributed by atoms with Gasteiger partial charge in [-0.2, -0.15) is 0 Å². The summed E-state index contributed by atoms with van der Waals surface area (Å²) in [7, 11) is 1.16. The minimum absolute atomic E-state index is 0.399. The van der Waals surface area contributed by atoms with E-state index in [0.29, 0.717) is 13.0 Å². The molecular formula is C10H15NO6. The van der Waals surface area contributed by atoms with E-state index in [4.69, 9.17) is 9.84 Å². The molecule has 1 fully saturated rings. The Balaban J connectivity index is 2.50. The van der Waals surface area contributed by atoms with Crippen molar-refractivity contribution in [1.29, 1.82) is 0 Å². The number of ether oxygens (including phenoxy) is 2. The highest BCUT2D eigenvalue weighted by Gasteiger charge is 2.29. The van der Waals surface area contributed by atoms with Crippen LogP contribution in [0.1, 0.15) is 19.3 Å². The van der Waals surface area contributed by atoms with Crippen molar-refractivity contribution in [2.45, 2.75) is 31.4 Å². The zero-order chi connectivity index (χ0) is 12.8. The second kappa shape index (κ2) is 6.19. The summed E-state index contributed by atoms with van der Waals surface area (Å²) in [5.74, 6) is -2.47. The molecule has 7 heteroatoms. The first-order valence-electron chi connectivity index (χ1n) is 5.26. The van der Waals surface area contributed by atoms with Crippen LogP contribution in [0.3, 0.4) is 0 Å². The van der Waals surface area contributed by atoms with Crippen molar-refractivity contribution < 1.29 is 29.0 Å². The number of carbonyl (C=O) groups excluding carboxylic acids is 2. The highest BCUT2D eigenvalue weighted by atomic mass is 16.5. The van der Waals surface area contributed by atoms with E-state index in [9.17, 15) is 14.4 Å². The fraction of sp³-hybridized carbons (Fsp3) is 0.700. The minimum atomic E-state index is -1.28. The molecule has 1 rings (SSSR count). The molecule has 0 spiro atoms. The van der Waals surface area contributed by atoms with E-state index < -0.39 is 36.4 Å². The van der Waals surface area contributed by atoms with Crippen molar-refractivity contribution in [2.24, 2.45) is 0 Å². The Morgan fingerprint density at radius 2 is 2.24 bits per heavy atom. The molecule has 0 aliphatic carbocycles. The first-order chi connectivity index (χ1) is 8.04. The summed E-state index contributed by atoms with van der Waals surface area (Å²) in [5.41, 5.74) is 0. The number of rotatable bonds is 5. The van der Waals surface area contributed by atoms with Crippen LogP contribution < -0.4 is 5.32 Å². The Labute approximate surface area is 98.1 Å². The molecule has 7 nitrogen and oxygen atoms in total. The highest BCUT2D eigenvalue weighted by Crippen LogP contribution is 2.12. The Bertz CT molecular complexity index is 310. The fourth-order valence-electron chi connectivity index (χ4n) is 1.50. The maximum Gasteiger partial charge on any atom is 0.326 e. The third-order valence-electron chi connectivity index (χ3n) is 2.44. The molecule has 1 aliphatic rings. The van der Waals surface area contributed by atoms with E-state index >= 15 is 0 Å². The number of carboxylic acid groups (broad SMARTS) is 1. The smallest absolute Gasteiger partial charge is 0.326 e. The van der Waals surface area contributed by atoms with Gasteiger partial charge in [-0.1, -0.05) is 0 Å². The molecule has 96 valence electrons. The van der Waals surface area contributed by atoms with Crippen molar-refractivity contribution in [3.8, 4) is 0 Å². The zero-order valence-electron chi connectivity index (χ0n) is 9.47. The summed E-state index contributed by atoms with van der Waals surface area (Å²) in [6.07, 6.45) is 0.322. The lowest BCUT2D eigenvalue weighted by atomic mass is 10.1. The van der Waals surface area contributed by atoms with E-state index in [0.717, 1.165) is 13.5 Å². The second-order valence-corrected chi connectivity index (χ2v) is 3.68. The van der Waals surface area contributed by atoms with Gasteiger partial charge in [0.25, 0.3) is 0 Å². The van der Waals surface area contributed by atoms with Gasteiger partial charge in [0.15, 0.2) is 0 Å². The SMILES string of the molecule is COC(=O)C[C@H](NC(=O)[C@@H]1CCCO1)C(=O)O. The van der Waals surface area contributed by atoms with Crippen LogP contribution in [0.5, 0.6) is 0 Å². The maximum absolute atomic E-state index is 11.6. The number of carboxylic acids is 1. The fourth-order valence-corrected chi connectivity index (χ4v) is 1.50. The number of nitrogens with one attached hydrogen (secondary N) is 1. The van der Waals surface area contributed by atoms with E-state index in [2.05, 4.69) is 10.1 Å². The largest absolute Gasteiger partial charge is 0.480 e. The number of aliphatic carboxylic acids is 1. The van der Waals surface area contributed by atoms with Crippen LogP contribution in [0.15, 0.2) is 0 Å². The van der Waals surface area contributed by atoms with E-state index in [1.54, 1.807) is 0 Å². The van der Waals surface area contributed by atoms with Crippen LogP contribution in [0.2, 0.25) is 0 Å². The summed E-state index contributed by atoms with van der Waals surface area (Å²) in [6, 6.07) is -1.28. The van der Waals surface area contributed by atoms with Crippen molar-refractivity contribution in [1.82, 2.24) is 5.32 Å². The standard InChI is InChI=1S/C10H15NO6/c1-16-8(12)5-6(10(14)15)11-9(13)7-3-2-4-17-7/h6-7H,2-5H2,1H3,(H,11,13)(H,14,15)/t6-,7-/m0/s1. The zero-order valence-corrected chi connectivity index (χ0v) is 9.47. The Kier molecular flexibility index (Phi) is 4.89. The number of hydrogen-bond donors (Lipinski definition) is 2. The van der Waals surface area contributed by atoms with Gasteiger partial charge in [-0.15, -0.1) is 0 Å². The lowest BCUT2D eigenvalue weighted by Crippen LogP contribution is -2.46. The van der Waals surface area contributed by atoms with Gasteiger partial charge in [0.05, 0.1) is 13.5 Å². The van der Waals surface area contributed by atoms with Crippen molar-refractivity contribution in [2.75, 3.05) is 13.7 Å². The predicted octanol–water partition coefficient (Wildman–Crippen LogP) is -0.702. The Morgan fingerprint density at radius 3 is 2.71 bits per heavy atom. The van der Waals surface area contributed by atoms with Crippen LogP contribution in [0.25, 0.3) is 0 Å². The summed E-state index contributed by atoms with van der Waals surface area (Å²) in [5, 5.41) is 11.1. The molecule has 1 saturated heterocycles. The Hall–Kier alpha value is -1.63. The number of amides is 1. The lowest BCUT2D eigenvalue weighted by molar-refractivity contribution is -0.149. The molecule has 1 heterocycles. The summed E-state index contributed by atoms with van der Waals surface area (Å²) in [6.45, 7) is 0.493. The first-order valence-corrected chi connectivity index (χ1v) is 5.26. The molecule has 0 radical (unpaired) electrons. The van der Waals surface area contributed by atoms with Gasteiger partial charge in [-0.25, -0.2) is 4.79 Å². The maximum atomic E-state index is 11.6. The summed E-state index contributed by atoms with van der Waals surface area (Å²) in [4.78, 5) is 33.4. The topological polar surface area (TPSA) is 102 Å². The normalized spacial score (nSPS) is 20.6. The van der Waals surface area contributed by atoms with Crippen molar-refractivity contribution >= 4 is 17.8 Å². The molecule has 0 saturated carbocycles. The van der Waals surface area contributed by atoms with Crippen molar-refractivity contribution in [3.63, 3.8) is 0 Å². The molecule has 0 aromatic heterocycles. The number of carbonyl (C=O) groups is 3. The van der Waals surface area contributed by atoms with Gasteiger partial charge in [0, 0.05) is 6.61 Å². The number of esters is 1. The minimum Gasteiger partial charge on any atom is -0.480 e. The van der Waals surface area contributed by atoms with Crippen LogP contribution in [-0.2, 0) is 23.9 Å². The molecule has 17 heavy (non-hydrogen) atoms. The quantitative estimate of drug-likeness (QED) is 0.621. The van der Waals surface area contributed by atoms with E-state index in [1.807, 2.05) is 0 Å². The van der Waals surface area contributed by atoms with Gasteiger partial charge >= 0.3 is 11.9 Å². The molecule has 2 N–H and O–H groups in total. The van der Waals surface area contributed by atoms with Crippen LogP contribution in [0, 0.1) is 0 Å². The molecule has 2 atom stereocenters. The van der Waals surface area contributed by atoms with Gasteiger partial charge in [-0.05, 0) is 12.8 Å². The molecule has 1 aliphatic heterocycles. The summed E-state index contributed by atoms with van der Waals surface area (Å²) >= 11 is 0.